The molecule has 1 amide bonds. The van der Waals surface area contributed by atoms with Crippen LogP contribution in [0, 0.1) is 11.6 Å². The zero-order chi connectivity index (χ0) is 27.4. The van der Waals surface area contributed by atoms with Crippen LogP contribution in [0.4, 0.5) is 33.5 Å². The quantitative estimate of drug-likeness (QED) is 0.380. The van der Waals surface area contributed by atoms with Crippen molar-refractivity contribution in [2.45, 2.75) is 11.1 Å². The van der Waals surface area contributed by atoms with E-state index in [1.54, 1.807) is 24.3 Å². The first-order valence-electron chi connectivity index (χ1n) is 10.6. The number of nitrogens with zero attached hydrogens (tertiary/aromatic N) is 3. The second-order valence-electron chi connectivity index (χ2n) is 7.80. The number of piperazine rings is 1. The number of hydrogen-bond acceptors (Lipinski definition) is 6. The van der Waals surface area contributed by atoms with Crippen molar-refractivity contribution in [1.29, 1.82) is 0 Å². The smallest absolute Gasteiger partial charge is 0.366 e. The summed E-state index contributed by atoms with van der Waals surface area (Å²) in [4.78, 5) is 18.4. The van der Waals surface area contributed by atoms with Crippen molar-refractivity contribution in [3.63, 3.8) is 0 Å². The van der Waals surface area contributed by atoms with Gasteiger partial charge < -0.3 is 15.5 Å². The minimum Gasteiger partial charge on any atom is -0.366 e. The van der Waals surface area contributed by atoms with E-state index in [4.69, 9.17) is 10.3 Å². The third-order valence-corrected chi connectivity index (χ3v) is 6.21. The summed E-state index contributed by atoms with van der Waals surface area (Å²) in [5.41, 5.74) is 3.19. The molecule has 8 nitrogen and oxygen atoms in total. The van der Waals surface area contributed by atoms with Gasteiger partial charge >= 0.3 is 6.18 Å². The first-order chi connectivity index (χ1) is 17.3. The molecule has 0 atom stereocenters. The van der Waals surface area contributed by atoms with Crippen molar-refractivity contribution in [2.24, 2.45) is 5.73 Å². The summed E-state index contributed by atoms with van der Waals surface area (Å²) in [6.07, 6.45) is -3.65. The number of aromatic nitrogens is 1. The van der Waals surface area contributed by atoms with Gasteiger partial charge in [-0.3, -0.25) is 9.35 Å². The maximum absolute atomic E-state index is 13.8. The van der Waals surface area contributed by atoms with Crippen LogP contribution < -0.4 is 15.5 Å². The number of amides is 1. The number of rotatable bonds is 4. The van der Waals surface area contributed by atoms with Gasteiger partial charge in [-0.15, -0.1) is 0 Å². The molecule has 1 fully saturated rings. The van der Waals surface area contributed by atoms with Crippen LogP contribution in [-0.4, -0.2) is 50.0 Å². The van der Waals surface area contributed by atoms with Crippen LogP contribution >= 0.6 is 0 Å². The molecule has 4 rings (SSSR count). The van der Waals surface area contributed by atoms with E-state index in [-0.39, 0.29) is 16.8 Å². The Balaban J connectivity index is 0.000000233. The van der Waals surface area contributed by atoms with Gasteiger partial charge in [0.25, 0.3) is 10.1 Å². The summed E-state index contributed by atoms with van der Waals surface area (Å²) in [6, 6.07) is 11.2. The minimum absolute atomic E-state index is 0.230. The van der Waals surface area contributed by atoms with Gasteiger partial charge in [0.15, 0.2) is 0 Å². The van der Waals surface area contributed by atoms with E-state index < -0.39 is 39.1 Å². The molecule has 0 spiro atoms. The monoisotopic (exact) mass is 544 g/mol. The van der Waals surface area contributed by atoms with Gasteiger partial charge in [0.2, 0.25) is 5.91 Å². The van der Waals surface area contributed by atoms with Crippen LogP contribution in [0.25, 0.3) is 0 Å². The number of carbonyl (C=O) groups excluding carboxylic acids is 1. The summed E-state index contributed by atoms with van der Waals surface area (Å²) in [6.45, 7) is 2.57. The van der Waals surface area contributed by atoms with E-state index in [1.165, 1.54) is 12.1 Å². The van der Waals surface area contributed by atoms with Crippen LogP contribution in [-0.2, 0) is 16.3 Å². The Kier molecular flexibility index (Phi) is 8.33. The Hall–Kier alpha value is -3.78. The van der Waals surface area contributed by atoms with Gasteiger partial charge in [-0.05, 0) is 42.5 Å². The van der Waals surface area contributed by atoms with Crippen LogP contribution in [0.5, 0.6) is 0 Å². The molecule has 0 saturated carbocycles. The molecule has 0 unspecified atom stereocenters. The standard InChI is InChI=1S/C15H16FN3O3S.C8H5F4NO/c16-13-3-1-2-4-14(13)18-7-9-19(10-8-18)15-6-5-12(11-17-15)23(20,21)22;9-4-1-2-5(7(13)14)6(3-4)8(10,11)12/h1-6,11H,7-10H2,(H,20,21,22);1-3H,(H2,13,14). The van der Waals surface area contributed by atoms with Gasteiger partial charge in [-0.1, -0.05) is 12.1 Å². The molecule has 3 aromatic rings. The van der Waals surface area contributed by atoms with Crippen LogP contribution in [0.3, 0.4) is 0 Å². The Morgan fingerprint density at radius 1 is 0.946 bits per heavy atom. The number of carbonyl (C=O) groups is 1. The van der Waals surface area contributed by atoms with Crippen LogP contribution in [0.2, 0.25) is 0 Å². The van der Waals surface area contributed by atoms with E-state index in [0.717, 1.165) is 12.3 Å². The lowest BCUT2D eigenvalue weighted by molar-refractivity contribution is -0.138. The Morgan fingerprint density at radius 3 is 2.08 bits per heavy atom. The van der Waals surface area contributed by atoms with Crippen molar-refractivity contribution >= 4 is 27.5 Å². The van der Waals surface area contributed by atoms with Crippen LogP contribution in [0.1, 0.15) is 15.9 Å². The molecule has 0 bridgehead atoms. The van der Waals surface area contributed by atoms with Crippen molar-refractivity contribution in [3.8, 4) is 0 Å². The minimum atomic E-state index is -4.79. The molecule has 1 aliphatic heterocycles. The average Bonchev–Trinajstić information content (AvgIpc) is 2.84. The highest BCUT2D eigenvalue weighted by Gasteiger charge is 2.35. The number of hydrogen-bond donors (Lipinski definition) is 2. The SMILES string of the molecule is NC(=O)c1ccc(F)cc1C(F)(F)F.O=S(=O)(O)c1ccc(N2CCN(c3ccccc3F)CC2)nc1. The normalized spacial score (nSPS) is 14.1. The largest absolute Gasteiger partial charge is 0.417 e. The molecule has 2 heterocycles. The molecule has 3 N–H and O–H groups in total. The zero-order valence-corrected chi connectivity index (χ0v) is 19.8. The number of pyridine rings is 1. The molecule has 1 aliphatic rings. The number of anilines is 2. The summed E-state index contributed by atoms with van der Waals surface area (Å²) < 4.78 is 93.9. The molecule has 14 heteroatoms. The number of nitrogens with two attached hydrogens (primary N) is 1. The van der Waals surface area contributed by atoms with Crippen molar-refractivity contribution in [1.82, 2.24) is 4.98 Å². The van der Waals surface area contributed by atoms with Gasteiger partial charge in [0.1, 0.15) is 22.3 Å². The van der Waals surface area contributed by atoms with E-state index in [1.807, 2.05) is 9.80 Å². The van der Waals surface area contributed by atoms with Gasteiger partial charge in [-0.2, -0.15) is 21.6 Å². The second-order valence-corrected chi connectivity index (χ2v) is 9.23. The maximum atomic E-state index is 13.8. The fraction of sp³-hybridized carbons (Fsp3) is 0.217. The number of benzene rings is 2. The molecule has 198 valence electrons. The van der Waals surface area contributed by atoms with Crippen molar-refractivity contribution < 1.29 is 39.7 Å². The fourth-order valence-corrected chi connectivity index (χ4v) is 3.99. The molecular weight excluding hydrogens is 523 g/mol. The maximum Gasteiger partial charge on any atom is 0.417 e. The Morgan fingerprint density at radius 2 is 1.57 bits per heavy atom. The highest BCUT2D eigenvalue weighted by molar-refractivity contribution is 7.85. The topological polar surface area (TPSA) is 117 Å². The summed E-state index contributed by atoms with van der Waals surface area (Å²) in [5, 5.41) is 0. The molecule has 0 aliphatic carbocycles. The molecule has 2 aromatic carbocycles. The number of halogens is 5. The van der Waals surface area contributed by atoms with E-state index in [2.05, 4.69) is 4.98 Å². The van der Waals surface area contributed by atoms with Gasteiger partial charge in [0.05, 0.1) is 23.0 Å². The van der Waals surface area contributed by atoms with Crippen molar-refractivity contribution in [2.75, 3.05) is 36.0 Å². The van der Waals surface area contributed by atoms with E-state index in [9.17, 15) is 35.2 Å². The third kappa shape index (κ3) is 7.13. The average molecular weight is 545 g/mol. The lowest BCUT2D eigenvalue weighted by Crippen LogP contribution is -2.47. The number of para-hydroxylation sites is 1. The molecular formula is C23H21F5N4O4S. The predicted octanol–water partition coefficient (Wildman–Crippen LogP) is 3.74. The third-order valence-electron chi connectivity index (χ3n) is 5.37. The second kappa shape index (κ2) is 11.1. The van der Waals surface area contributed by atoms with Gasteiger partial charge in [0, 0.05) is 26.2 Å². The Labute approximate surface area is 208 Å². The fourth-order valence-electron chi connectivity index (χ4n) is 3.56. The first-order valence-corrected chi connectivity index (χ1v) is 12.1. The summed E-state index contributed by atoms with van der Waals surface area (Å²) in [7, 11) is -4.23. The van der Waals surface area contributed by atoms with Crippen molar-refractivity contribution in [3.05, 3.63) is 83.6 Å². The van der Waals surface area contributed by atoms with Crippen LogP contribution in [0.15, 0.2) is 65.7 Å². The first kappa shape index (κ1) is 27.8. The lowest BCUT2D eigenvalue weighted by Gasteiger charge is -2.36. The van der Waals surface area contributed by atoms with Gasteiger partial charge in [-0.25, -0.2) is 13.8 Å². The molecule has 37 heavy (non-hydrogen) atoms. The highest BCUT2D eigenvalue weighted by atomic mass is 32.2. The zero-order valence-electron chi connectivity index (χ0n) is 19.0. The predicted molar refractivity (Wildman–Crippen MR) is 125 cm³/mol. The summed E-state index contributed by atoms with van der Waals surface area (Å²) >= 11 is 0. The molecule has 0 radical (unpaired) electrons. The summed E-state index contributed by atoms with van der Waals surface area (Å²) in [5.74, 6) is -1.91. The lowest BCUT2D eigenvalue weighted by atomic mass is 10.1. The molecule has 1 aromatic heterocycles. The number of primary amides is 1. The van der Waals surface area contributed by atoms with E-state index in [0.29, 0.717) is 43.8 Å². The highest BCUT2D eigenvalue weighted by Crippen LogP contribution is 2.32. The molecule has 1 saturated heterocycles. The Bertz CT molecular complexity index is 1360. The number of alkyl halides is 3. The van der Waals surface area contributed by atoms with E-state index >= 15 is 0 Å².